The Balaban J connectivity index is 2.38. The smallest absolute Gasteiger partial charge is 0.286 e. The molecule has 8 nitrogen and oxygen atoms in total. The number of anilines is 1. The number of hydrogen-bond acceptors (Lipinski definition) is 6. The first-order chi connectivity index (χ1) is 12.0. The fourth-order valence-electron chi connectivity index (χ4n) is 2.18. The summed E-state index contributed by atoms with van der Waals surface area (Å²) in [6.07, 6.45) is 0. The summed E-state index contributed by atoms with van der Waals surface area (Å²) >= 11 is 0. The number of nitro benzene ring substituents is 1. The first kappa shape index (κ1) is 18.1. The molecule has 8 heteroatoms. The molecule has 0 spiro atoms. The van der Waals surface area contributed by atoms with Gasteiger partial charge in [0, 0.05) is 11.8 Å². The van der Waals surface area contributed by atoms with Crippen molar-refractivity contribution >= 4 is 17.3 Å². The third-order valence-corrected chi connectivity index (χ3v) is 3.37. The van der Waals surface area contributed by atoms with Crippen molar-refractivity contribution in [1.82, 2.24) is 0 Å². The second-order valence-corrected chi connectivity index (χ2v) is 4.89. The molecule has 1 amide bonds. The van der Waals surface area contributed by atoms with E-state index in [1.807, 2.05) is 0 Å². The number of rotatable bonds is 7. The minimum atomic E-state index is -0.638. The highest BCUT2D eigenvalue weighted by molar-refractivity contribution is 6.07. The van der Waals surface area contributed by atoms with Crippen LogP contribution >= 0.6 is 0 Å². The lowest BCUT2D eigenvalue weighted by Gasteiger charge is -2.12. The molecule has 1 N–H and O–H groups in total. The highest BCUT2D eigenvalue weighted by atomic mass is 16.6. The Morgan fingerprint density at radius 3 is 2.32 bits per heavy atom. The van der Waals surface area contributed by atoms with Gasteiger partial charge in [0.1, 0.15) is 11.3 Å². The van der Waals surface area contributed by atoms with Crippen molar-refractivity contribution in [1.29, 1.82) is 0 Å². The summed E-state index contributed by atoms with van der Waals surface area (Å²) in [5.74, 6) is 0.456. The summed E-state index contributed by atoms with van der Waals surface area (Å²) in [6, 6.07) is 9.09. The molecule has 0 aromatic heterocycles. The van der Waals surface area contributed by atoms with E-state index in [2.05, 4.69) is 5.32 Å². The lowest BCUT2D eigenvalue weighted by atomic mass is 10.1. The molecule has 0 aliphatic carbocycles. The molecule has 2 aromatic carbocycles. The summed E-state index contributed by atoms with van der Waals surface area (Å²) in [5, 5.41) is 13.9. The van der Waals surface area contributed by atoms with Gasteiger partial charge in [-0.3, -0.25) is 14.9 Å². The van der Waals surface area contributed by atoms with E-state index in [0.29, 0.717) is 18.0 Å². The van der Waals surface area contributed by atoms with Crippen LogP contribution in [0, 0.1) is 10.1 Å². The van der Waals surface area contributed by atoms with Crippen molar-refractivity contribution in [3.63, 3.8) is 0 Å². The van der Waals surface area contributed by atoms with E-state index in [1.54, 1.807) is 31.2 Å². The molecule has 0 unspecified atom stereocenters. The predicted octanol–water partition coefficient (Wildman–Crippen LogP) is 3.26. The molecule has 25 heavy (non-hydrogen) atoms. The molecule has 132 valence electrons. The highest BCUT2D eigenvalue weighted by Gasteiger charge is 2.24. The van der Waals surface area contributed by atoms with Gasteiger partial charge in [-0.25, -0.2) is 0 Å². The number of carbonyl (C=O) groups excluding carboxylic acids is 1. The van der Waals surface area contributed by atoms with Gasteiger partial charge in [0.05, 0.1) is 31.8 Å². The Kier molecular flexibility index (Phi) is 5.78. The number of methoxy groups -OCH3 is 2. The maximum absolute atomic E-state index is 12.5. The van der Waals surface area contributed by atoms with Gasteiger partial charge in [0.25, 0.3) is 11.6 Å². The topological polar surface area (TPSA) is 99.9 Å². The molecular formula is C17H18N2O6. The normalized spacial score (nSPS) is 10.0. The first-order valence-corrected chi connectivity index (χ1v) is 7.44. The number of ether oxygens (including phenoxy) is 3. The Morgan fingerprint density at radius 1 is 1.12 bits per heavy atom. The van der Waals surface area contributed by atoms with E-state index < -0.39 is 10.8 Å². The molecule has 0 heterocycles. The zero-order chi connectivity index (χ0) is 18.4. The lowest BCUT2D eigenvalue weighted by Crippen LogP contribution is -2.14. The van der Waals surface area contributed by atoms with Crippen LogP contribution in [0.5, 0.6) is 17.2 Å². The van der Waals surface area contributed by atoms with Crippen LogP contribution < -0.4 is 19.5 Å². The van der Waals surface area contributed by atoms with Gasteiger partial charge in [0.15, 0.2) is 11.5 Å². The maximum atomic E-state index is 12.5. The average molecular weight is 346 g/mol. The molecule has 2 rings (SSSR count). The minimum absolute atomic E-state index is 0.120. The maximum Gasteiger partial charge on any atom is 0.286 e. The second kappa shape index (κ2) is 8.00. The van der Waals surface area contributed by atoms with Crippen molar-refractivity contribution < 1.29 is 23.9 Å². The van der Waals surface area contributed by atoms with Crippen LogP contribution in [-0.2, 0) is 0 Å². The van der Waals surface area contributed by atoms with Gasteiger partial charge in [-0.1, -0.05) is 0 Å². The van der Waals surface area contributed by atoms with Gasteiger partial charge < -0.3 is 19.5 Å². The van der Waals surface area contributed by atoms with Crippen LogP contribution in [0.15, 0.2) is 36.4 Å². The third-order valence-electron chi connectivity index (χ3n) is 3.37. The molecule has 0 aliphatic heterocycles. The molecule has 0 atom stereocenters. The Labute approximate surface area is 144 Å². The van der Waals surface area contributed by atoms with Crippen LogP contribution in [0.2, 0.25) is 0 Å². The molecule has 0 fully saturated rings. The van der Waals surface area contributed by atoms with Crippen molar-refractivity contribution in [2.24, 2.45) is 0 Å². The van der Waals surface area contributed by atoms with Crippen molar-refractivity contribution in [3.05, 3.63) is 52.1 Å². The zero-order valence-electron chi connectivity index (χ0n) is 14.1. The Bertz CT molecular complexity index is 773. The quantitative estimate of drug-likeness (QED) is 0.610. The van der Waals surface area contributed by atoms with E-state index >= 15 is 0 Å². The molecule has 2 aromatic rings. The fraction of sp³-hybridized carbons (Fsp3) is 0.235. The molecule has 0 saturated carbocycles. The number of nitrogens with zero attached hydrogens (tertiary/aromatic N) is 1. The SMILES string of the molecule is CCOc1cc(C(=O)Nc2ccc(OC)cc2)c([N+](=O)[O-])cc1OC. The summed E-state index contributed by atoms with van der Waals surface area (Å²) in [6.45, 7) is 2.09. The van der Waals surface area contributed by atoms with Gasteiger partial charge in [-0.15, -0.1) is 0 Å². The number of carbonyl (C=O) groups is 1. The van der Waals surface area contributed by atoms with Crippen LogP contribution in [0.3, 0.4) is 0 Å². The van der Waals surface area contributed by atoms with Crippen LogP contribution in [-0.4, -0.2) is 31.7 Å². The van der Waals surface area contributed by atoms with Crippen molar-refractivity contribution in [2.75, 3.05) is 26.1 Å². The predicted molar refractivity (Wildman–Crippen MR) is 91.8 cm³/mol. The van der Waals surface area contributed by atoms with Crippen molar-refractivity contribution in [3.8, 4) is 17.2 Å². The third kappa shape index (κ3) is 4.17. The van der Waals surface area contributed by atoms with Crippen molar-refractivity contribution in [2.45, 2.75) is 6.92 Å². The van der Waals surface area contributed by atoms with E-state index in [0.717, 1.165) is 0 Å². The number of amides is 1. The Morgan fingerprint density at radius 2 is 1.80 bits per heavy atom. The lowest BCUT2D eigenvalue weighted by molar-refractivity contribution is -0.385. The second-order valence-electron chi connectivity index (χ2n) is 4.89. The van der Waals surface area contributed by atoms with E-state index in [1.165, 1.54) is 26.4 Å². The van der Waals surface area contributed by atoms with Gasteiger partial charge >= 0.3 is 0 Å². The summed E-state index contributed by atoms with van der Waals surface area (Å²) < 4.78 is 15.5. The number of benzene rings is 2. The molecule has 0 saturated heterocycles. The van der Waals surface area contributed by atoms with Crippen LogP contribution in [0.4, 0.5) is 11.4 Å². The Hall–Kier alpha value is -3.29. The average Bonchev–Trinajstić information content (AvgIpc) is 2.62. The van der Waals surface area contributed by atoms with Crippen LogP contribution in [0.25, 0.3) is 0 Å². The fourth-order valence-corrected chi connectivity index (χ4v) is 2.18. The number of hydrogen-bond donors (Lipinski definition) is 1. The summed E-state index contributed by atoms with van der Waals surface area (Å²) in [5.41, 5.74) is -0.00902. The van der Waals surface area contributed by atoms with E-state index in [-0.39, 0.29) is 22.7 Å². The molecule has 0 aliphatic rings. The minimum Gasteiger partial charge on any atom is -0.497 e. The number of nitro groups is 1. The molecular weight excluding hydrogens is 328 g/mol. The van der Waals surface area contributed by atoms with Gasteiger partial charge in [-0.2, -0.15) is 0 Å². The molecule has 0 bridgehead atoms. The standard InChI is InChI=1S/C17H18N2O6/c1-4-25-16-9-13(14(19(21)22)10-15(16)24-3)17(20)18-11-5-7-12(23-2)8-6-11/h5-10H,4H2,1-3H3,(H,18,20). The molecule has 0 radical (unpaired) electrons. The summed E-state index contributed by atoms with van der Waals surface area (Å²) in [4.78, 5) is 23.2. The van der Waals surface area contributed by atoms with E-state index in [4.69, 9.17) is 14.2 Å². The highest BCUT2D eigenvalue weighted by Crippen LogP contribution is 2.35. The summed E-state index contributed by atoms with van der Waals surface area (Å²) in [7, 11) is 2.91. The number of nitrogens with one attached hydrogen (secondary N) is 1. The zero-order valence-corrected chi connectivity index (χ0v) is 14.1. The van der Waals surface area contributed by atoms with Gasteiger partial charge in [0.2, 0.25) is 0 Å². The monoisotopic (exact) mass is 346 g/mol. The van der Waals surface area contributed by atoms with Gasteiger partial charge in [-0.05, 0) is 31.2 Å². The van der Waals surface area contributed by atoms with E-state index in [9.17, 15) is 14.9 Å². The largest absolute Gasteiger partial charge is 0.497 e. The first-order valence-electron chi connectivity index (χ1n) is 7.44. The van der Waals surface area contributed by atoms with Crippen LogP contribution in [0.1, 0.15) is 17.3 Å².